The first-order chi connectivity index (χ1) is 9.13. The van der Waals surface area contributed by atoms with Crippen molar-refractivity contribution < 1.29 is 4.79 Å². The molecule has 0 aliphatic carbocycles. The third-order valence-electron chi connectivity index (χ3n) is 3.73. The molecule has 1 unspecified atom stereocenters. The predicted octanol–water partition coefficient (Wildman–Crippen LogP) is 4.27. The largest absolute Gasteiger partial charge is 0.336 e. The SMILES string of the molecule is Cc1cc(Cl)ccc1C(=O)N1CCCC1CCCCl. The van der Waals surface area contributed by atoms with Gasteiger partial charge in [-0.1, -0.05) is 11.6 Å². The first kappa shape index (κ1) is 14.7. The smallest absolute Gasteiger partial charge is 0.254 e. The van der Waals surface area contributed by atoms with Crippen LogP contribution < -0.4 is 0 Å². The van der Waals surface area contributed by atoms with Crippen LogP contribution >= 0.6 is 23.2 Å². The molecule has 0 saturated carbocycles. The minimum Gasteiger partial charge on any atom is -0.336 e. The van der Waals surface area contributed by atoms with Crippen LogP contribution in [0.2, 0.25) is 5.02 Å². The van der Waals surface area contributed by atoms with Crippen molar-refractivity contribution in [3.63, 3.8) is 0 Å². The fourth-order valence-electron chi connectivity index (χ4n) is 2.74. The predicted molar refractivity (Wildman–Crippen MR) is 80.2 cm³/mol. The summed E-state index contributed by atoms with van der Waals surface area (Å²) in [6, 6.07) is 5.81. The molecule has 0 radical (unpaired) electrons. The molecule has 1 aromatic rings. The second kappa shape index (κ2) is 6.62. The van der Waals surface area contributed by atoms with Gasteiger partial charge in [0.2, 0.25) is 0 Å². The lowest BCUT2D eigenvalue weighted by molar-refractivity contribution is 0.0729. The molecule has 0 N–H and O–H groups in total. The molecular weight excluding hydrogens is 281 g/mol. The Morgan fingerprint density at radius 1 is 1.47 bits per heavy atom. The summed E-state index contributed by atoms with van der Waals surface area (Å²) in [4.78, 5) is 14.6. The normalized spacial score (nSPS) is 18.9. The van der Waals surface area contributed by atoms with Crippen molar-refractivity contribution in [2.45, 2.75) is 38.6 Å². The summed E-state index contributed by atoms with van der Waals surface area (Å²) >= 11 is 11.7. The summed E-state index contributed by atoms with van der Waals surface area (Å²) in [6.07, 6.45) is 4.15. The van der Waals surface area contributed by atoms with Crippen molar-refractivity contribution in [2.24, 2.45) is 0 Å². The highest BCUT2D eigenvalue weighted by molar-refractivity contribution is 6.30. The number of hydrogen-bond donors (Lipinski definition) is 0. The maximum absolute atomic E-state index is 12.6. The Kier molecular flexibility index (Phi) is 5.12. The molecule has 1 fully saturated rings. The maximum Gasteiger partial charge on any atom is 0.254 e. The molecule has 2 rings (SSSR count). The molecule has 0 bridgehead atoms. The van der Waals surface area contributed by atoms with Crippen LogP contribution in [0.4, 0.5) is 0 Å². The van der Waals surface area contributed by atoms with E-state index in [4.69, 9.17) is 23.2 Å². The molecule has 1 aliphatic rings. The third-order valence-corrected chi connectivity index (χ3v) is 4.23. The zero-order chi connectivity index (χ0) is 13.8. The lowest BCUT2D eigenvalue weighted by Gasteiger charge is -2.25. The summed E-state index contributed by atoms with van der Waals surface area (Å²) in [5, 5.41) is 0.675. The Morgan fingerprint density at radius 2 is 2.26 bits per heavy atom. The van der Waals surface area contributed by atoms with Crippen molar-refractivity contribution in [2.75, 3.05) is 12.4 Å². The first-order valence-electron chi connectivity index (χ1n) is 6.76. The quantitative estimate of drug-likeness (QED) is 0.760. The maximum atomic E-state index is 12.6. The Bertz CT molecular complexity index is 461. The van der Waals surface area contributed by atoms with Crippen molar-refractivity contribution in [1.82, 2.24) is 4.90 Å². The number of aryl methyl sites for hydroxylation is 1. The van der Waals surface area contributed by atoms with E-state index >= 15 is 0 Å². The van der Waals surface area contributed by atoms with E-state index < -0.39 is 0 Å². The average Bonchev–Trinajstić information content (AvgIpc) is 2.83. The van der Waals surface area contributed by atoms with E-state index in [0.29, 0.717) is 16.9 Å². The molecule has 1 atom stereocenters. The van der Waals surface area contributed by atoms with Gasteiger partial charge in [-0.3, -0.25) is 4.79 Å². The lowest BCUT2D eigenvalue weighted by atomic mass is 10.1. The van der Waals surface area contributed by atoms with Crippen molar-refractivity contribution in [3.05, 3.63) is 34.3 Å². The van der Waals surface area contributed by atoms with Crippen LogP contribution in [0, 0.1) is 6.92 Å². The Morgan fingerprint density at radius 3 is 2.95 bits per heavy atom. The van der Waals surface area contributed by atoms with Gasteiger partial charge in [-0.15, -0.1) is 11.6 Å². The van der Waals surface area contributed by atoms with Crippen LogP contribution in [-0.4, -0.2) is 29.3 Å². The van der Waals surface area contributed by atoms with E-state index in [0.717, 1.165) is 43.4 Å². The van der Waals surface area contributed by atoms with Gasteiger partial charge < -0.3 is 4.90 Å². The summed E-state index contributed by atoms with van der Waals surface area (Å²) in [7, 11) is 0. The van der Waals surface area contributed by atoms with Gasteiger partial charge in [-0.25, -0.2) is 0 Å². The molecule has 1 heterocycles. The highest BCUT2D eigenvalue weighted by Gasteiger charge is 2.29. The van der Waals surface area contributed by atoms with E-state index in [-0.39, 0.29) is 5.91 Å². The van der Waals surface area contributed by atoms with Crippen LogP contribution in [0.3, 0.4) is 0 Å². The van der Waals surface area contributed by atoms with Gasteiger partial charge in [-0.05, 0) is 56.4 Å². The number of benzene rings is 1. The van der Waals surface area contributed by atoms with Crippen molar-refractivity contribution >= 4 is 29.1 Å². The van der Waals surface area contributed by atoms with Gasteiger partial charge in [0.25, 0.3) is 5.91 Å². The summed E-state index contributed by atoms with van der Waals surface area (Å²) in [5.74, 6) is 0.796. The molecule has 1 aliphatic heterocycles. The number of hydrogen-bond acceptors (Lipinski definition) is 1. The standard InChI is InChI=1S/C15H19Cl2NO/c1-11-10-12(17)6-7-14(11)15(19)18-9-3-5-13(18)4-2-8-16/h6-7,10,13H,2-5,8-9H2,1H3. The van der Waals surface area contributed by atoms with E-state index in [1.807, 2.05) is 24.0 Å². The molecule has 19 heavy (non-hydrogen) atoms. The number of nitrogens with zero attached hydrogens (tertiary/aromatic N) is 1. The number of amides is 1. The second-order valence-corrected chi connectivity index (χ2v) is 5.90. The van der Waals surface area contributed by atoms with Crippen LogP contribution in [-0.2, 0) is 0 Å². The Labute approximate surface area is 124 Å². The van der Waals surface area contributed by atoms with Gasteiger partial charge in [0.1, 0.15) is 0 Å². The van der Waals surface area contributed by atoms with Gasteiger partial charge in [-0.2, -0.15) is 0 Å². The molecule has 1 amide bonds. The number of carbonyl (C=O) groups is 1. The summed E-state index contributed by atoms with van der Waals surface area (Å²) in [5.41, 5.74) is 1.71. The molecule has 1 aromatic carbocycles. The van der Waals surface area contributed by atoms with E-state index in [9.17, 15) is 4.79 Å². The summed E-state index contributed by atoms with van der Waals surface area (Å²) in [6.45, 7) is 2.79. The van der Waals surface area contributed by atoms with E-state index in [1.54, 1.807) is 6.07 Å². The topological polar surface area (TPSA) is 20.3 Å². The monoisotopic (exact) mass is 299 g/mol. The minimum atomic E-state index is 0.131. The number of likely N-dealkylation sites (tertiary alicyclic amines) is 1. The van der Waals surface area contributed by atoms with Crippen LogP contribution in [0.5, 0.6) is 0 Å². The zero-order valence-corrected chi connectivity index (χ0v) is 12.7. The fraction of sp³-hybridized carbons (Fsp3) is 0.533. The average molecular weight is 300 g/mol. The van der Waals surface area contributed by atoms with Crippen molar-refractivity contribution in [3.8, 4) is 0 Å². The number of alkyl halides is 1. The van der Waals surface area contributed by atoms with E-state index in [2.05, 4.69) is 0 Å². The molecule has 1 saturated heterocycles. The highest BCUT2D eigenvalue weighted by atomic mass is 35.5. The summed E-state index contributed by atoms with van der Waals surface area (Å²) < 4.78 is 0. The van der Waals surface area contributed by atoms with Gasteiger partial charge in [0.15, 0.2) is 0 Å². The van der Waals surface area contributed by atoms with Crippen molar-refractivity contribution in [1.29, 1.82) is 0 Å². The third kappa shape index (κ3) is 3.43. The Hall–Kier alpha value is -0.730. The highest BCUT2D eigenvalue weighted by Crippen LogP contribution is 2.25. The Balaban J connectivity index is 2.13. The number of halogens is 2. The molecular formula is C15H19Cl2NO. The number of carbonyl (C=O) groups excluding carboxylic acids is 1. The molecule has 4 heteroatoms. The van der Waals surface area contributed by atoms with Crippen LogP contribution in [0.15, 0.2) is 18.2 Å². The molecule has 104 valence electrons. The van der Waals surface area contributed by atoms with Gasteiger partial charge in [0, 0.05) is 29.1 Å². The fourth-order valence-corrected chi connectivity index (χ4v) is 3.12. The van der Waals surface area contributed by atoms with E-state index in [1.165, 1.54) is 0 Å². The minimum absolute atomic E-state index is 0.131. The number of rotatable bonds is 4. The molecule has 2 nitrogen and oxygen atoms in total. The lowest BCUT2D eigenvalue weighted by Crippen LogP contribution is -2.35. The van der Waals surface area contributed by atoms with Crippen LogP contribution in [0.1, 0.15) is 41.6 Å². The molecule has 0 aromatic heterocycles. The first-order valence-corrected chi connectivity index (χ1v) is 7.68. The second-order valence-electron chi connectivity index (χ2n) is 5.09. The molecule has 0 spiro atoms. The van der Waals surface area contributed by atoms with Gasteiger partial charge in [0.05, 0.1) is 0 Å². The van der Waals surface area contributed by atoms with Gasteiger partial charge >= 0.3 is 0 Å². The van der Waals surface area contributed by atoms with Crippen LogP contribution in [0.25, 0.3) is 0 Å². The zero-order valence-electron chi connectivity index (χ0n) is 11.2.